The molecule has 0 aliphatic carbocycles. The van der Waals surface area contributed by atoms with E-state index in [1.807, 2.05) is 24.3 Å². The van der Waals surface area contributed by atoms with Crippen molar-refractivity contribution in [2.75, 3.05) is 0 Å². The van der Waals surface area contributed by atoms with Crippen molar-refractivity contribution >= 4 is 33.9 Å². The Bertz CT molecular complexity index is 706. The molecule has 5 heteroatoms. The van der Waals surface area contributed by atoms with Gasteiger partial charge >= 0.3 is 5.97 Å². The molecule has 0 atom stereocenters. The van der Waals surface area contributed by atoms with Crippen LogP contribution in [0.5, 0.6) is 0 Å². The van der Waals surface area contributed by atoms with Crippen LogP contribution >= 0.6 is 15.9 Å². The second-order valence-electron chi connectivity index (χ2n) is 4.12. The summed E-state index contributed by atoms with van der Waals surface area (Å²) < 4.78 is 6.14. The molecule has 1 aromatic carbocycles. The Morgan fingerprint density at radius 2 is 1.75 bits per heavy atom. The van der Waals surface area contributed by atoms with Gasteiger partial charge < -0.3 is 4.74 Å². The highest BCUT2D eigenvalue weighted by Gasteiger charge is 2.23. The topological polar surface area (TPSA) is 51.5 Å². The summed E-state index contributed by atoms with van der Waals surface area (Å²) in [5, 5.41) is 0. The number of nitrogens with zero attached hydrogens (tertiary/aromatic N) is 2. The number of cyclic esters (lactones) is 1. The maximum atomic E-state index is 11.8. The number of esters is 1. The lowest BCUT2D eigenvalue weighted by molar-refractivity contribution is -0.129. The van der Waals surface area contributed by atoms with E-state index in [0.29, 0.717) is 5.90 Å². The van der Waals surface area contributed by atoms with Crippen molar-refractivity contribution in [2.24, 2.45) is 4.99 Å². The molecule has 20 heavy (non-hydrogen) atoms. The van der Waals surface area contributed by atoms with Crippen LogP contribution in [0.25, 0.3) is 6.08 Å². The van der Waals surface area contributed by atoms with Crippen molar-refractivity contribution in [3.05, 3.63) is 70.1 Å². The van der Waals surface area contributed by atoms with E-state index >= 15 is 0 Å². The highest BCUT2D eigenvalue weighted by Crippen LogP contribution is 2.20. The minimum Gasteiger partial charge on any atom is -0.402 e. The fraction of sp³-hybridized carbons (Fsp3) is 0. The fourth-order valence-electron chi connectivity index (χ4n) is 1.74. The van der Waals surface area contributed by atoms with Gasteiger partial charge in [0.1, 0.15) is 0 Å². The van der Waals surface area contributed by atoms with E-state index in [0.717, 1.165) is 15.6 Å². The van der Waals surface area contributed by atoms with Gasteiger partial charge in [-0.1, -0.05) is 15.9 Å². The van der Waals surface area contributed by atoms with Gasteiger partial charge in [-0.15, -0.1) is 0 Å². The van der Waals surface area contributed by atoms with Gasteiger partial charge in [0.25, 0.3) is 0 Å². The first-order valence-corrected chi connectivity index (χ1v) is 6.70. The lowest BCUT2D eigenvalue weighted by Gasteiger charge is -1.98. The molecular weight excluding hydrogens is 320 g/mol. The Kier molecular flexibility index (Phi) is 3.43. The van der Waals surface area contributed by atoms with Gasteiger partial charge in [0, 0.05) is 22.4 Å². The number of halogens is 1. The third-order valence-corrected chi connectivity index (χ3v) is 3.25. The number of hydrogen-bond acceptors (Lipinski definition) is 4. The molecule has 2 heterocycles. The molecule has 0 radical (unpaired) electrons. The third-order valence-electron chi connectivity index (χ3n) is 2.72. The van der Waals surface area contributed by atoms with E-state index in [2.05, 4.69) is 25.9 Å². The van der Waals surface area contributed by atoms with Crippen LogP contribution in [0.4, 0.5) is 0 Å². The molecule has 0 amide bonds. The molecule has 0 unspecified atom stereocenters. The lowest BCUT2D eigenvalue weighted by Crippen LogP contribution is -2.05. The maximum absolute atomic E-state index is 11.8. The minimum atomic E-state index is -0.445. The minimum absolute atomic E-state index is 0.286. The lowest BCUT2D eigenvalue weighted by atomic mass is 10.2. The predicted octanol–water partition coefficient (Wildman–Crippen LogP) is 3.19. The standard InChI is InChI=1S/C15H9BrN2O2/c16-12-3-1-11(2-4-12)14-18-13(15(19)20-14)9-10-5-7-17-8-6-10/h1-9H/b13-9+. The van der Waals surface area contributed by atoms with Crippen LogP contribution in [0, 0.1) is 0 Å². The average Bonchev–Trinajstić information content (AvgIpc) is 2.82. The number of carbonyl (C=O) groups is 1. The molecule has 1 aliphatic rings. The van der Waals surface area contributed by atoms with Crippen molar-refractivity contribution in [1.29, 1.82) is 0 Å². The summed E-state index contributed by atoms with van der Waals surface area (Å²) in [6, 6.07) is 11.0. The summed E-state index contributed by atoms with van der Waals surface area (Å²) in [6.07, 6.45) is 4.99. The van der Waals surface area contributed by atoms with E-state index in [1.165, 1.54) is 0 Å². The van der Waals surface area contributed by atoms with Gasteiger partial charge in [-0.25, -0.2) is 9.79 Å². The first-order valence-electron chi connectivity index (χ1n) is 5.91. The molecule has 0 N–H and O–H groups in total. The van der Waals surface area contributed by atoms with Crippen molar-refractivity contribution in [1.82, 2.24) is 4.98 Å². The highest BCUT2D eigenvalue weighted by atomic mass is 79.9. The molecular formula is C15H9BrN2O2. The van der Waals surface area contributed by atoms with E-state index in [4.69, 9.17) is 4.74 Å². The average molecular weight is 329 g/mol. The summed E-state index contributed by atoms with van der Waals surface area (Å²) in [4.78, 5) is 20.0. The molecule has 0 bridgehead atoms. The molecule has 3 rings (SSSR count). The molecule has 0 saturated heterocycles. The number of ether oxygens (including phenoxy) is 1. The Morgan fingerprint density at radius 3 is 2.45 bits per heavy atom. The first kappa shape index (κ1) is 12.7. The van der Waals surface area contributed by atoms with E-state index in [1.54, 1.807) is 30.6 Å². The van der Waals surface area contributed by atoms with Gasteiger partial charge in [-0.2, -0.15) is 0 Å². The Hall–Kier alpha value is -2.27. The van der Waals surface area contributed by atoms with Crippen molar-refractivity contribution in [3.8, 4) is 0 Å². The monoisotopic (exact) mass is 328 g/mol. The summed E-state index contributed by atoms with van der Waals surface area (Å²) in [6.45, 7) is 0. The Labute approximate surface area is 124 Å². The molecule has 0 spiro atoms. The number of benzene rings is 1. The smallest absolute Gasteiger partial charge is 0.363 e. The zero-order chi connectivity index (χ0) is 13.9. The summed E-state index contributed by atoms with van der Waals surface area (Å²) in [5.41, 5.74) is 1.90. The van der Waals surface area contributed by atoms with Gasteiger partial charge in [-0.3, -0.25) is 4.98 Å². The number of carbonyl (C=O) groups excluding carboxylic acids is 1. The quantitative estimate of drug-likeness (QED) is 0.628. The van der Waals surface area contributed by atoms with Gasteiger partial charge in [-0.05, 0) is 48.0 Å². The van der Waals surface area contributed by atoms with E-state index in [-0.39, 0.29) is 5.70 Å². The normalized spacial score (nSPS) is 16.1. The number of hydrogen-bond donors (Lipinski definition) is 0. The second kappa shape index (κ2) is 5.38. The summed E-state index contributed by atoms with van der Waals surface area (Å²) in [7, 11) is 0. The van der Waals surface area contributed by atoms with E-state index in [9.17, 15) is 4.79 Å². The van der Waals surface area contributed by atoms with E-state index < -0.39 is 5.97 Å². The number of aliphatic imine (C=N–C) groups is 1. The molecule has 0 saturated carbocycles. The van der Waals surface area contributed by atoms with Gasteiger partial charge in [0.2, 0.25) is 5.90 Å². The Balaban J connectivity index is 1.93. The van der Waals surface area contributed by atoms with Crippen LogP contribution in [0.3, 0.4) is 0 Å². The van der Waals surface area contributed by atoms with Crippen molar-refractivity contribution in [2.45, 2.75) is 0 Å². The zero-order valence-electron chi connectivity index (χ0n) is 10.3. The zero-order valence-corrected chi connectivity index (χ0v) is 11.9. The fourth-order valence-corrected chi connectivity index (χ4v) is 2.01. The number of aromatic nitrogens is 1. The molecule has 98 valence electrons. The van der Waals surface area contributed by atoms with Crippen LogP contribution in [0.2, 0.25) is 0 Å². The first-order chi connectivity index (χ1) is 9.72. The van der Waals surface area contributed by atoms with Crippen LogP contribution in [-0.2, 0) is 9.53 Å². The molecule has 1 aliphatic heterocycles. The third kappa shape index (κ3) is 2.67. The van der Waals surface area contributed by atoms with Crippen LogP contribution in [0.1, 0.15) is 11.1 Å². The largest absolute Gasteiger partial charge is 0.402 e. The van der Waals surface area contributed by atoms with Crippen LogP contribution in [0.15, 0.2) is 64.0 Å². The van der Waals surface area contributed by atoms with Gasteiger partial charge in [0.05, 0.1) is 0 Å². The van der Waals surface area contributed by atoms with Crippen LogP contribution < -0.4 is 0 Å². The molecule has 1 aromatic heterocycles. The summed E-state index contributed by atoms with van der Waals surface area (Å²) >= 11 is 3.36. The number of rotatable bonds is 2. The Morgan fingerprint density at radius 1 is 1.05 bits per heavy atom. The molecule has 0 fully saturated rings. The van der Waals surface area contributed by atoms with Crippen molar-refractivity contribution < 1.29 is 9.53 Å². The second-order valence-corrected chi connectivity index (χ2v) is 5.04. The van der Waals surface area contributed by atoms with Crippen molar-refractivity contribution in [3.63, 3.8) is 0 Å². The predicted molar refractivity (Wildman–Crippen MR) is 79.0 cm³/mol. The summed E-state index contributed by atoms with van der Waals surface area (Å²) in [5.74, 6) is -0.123. The molecule has 2 aromatic rings. The van der Waals surface area contributed by atoms with Gasteiger partial charge in [0.15, 0.2) is 5.70 Å². The SMILES string of the molecule is O=C1OC(c2ccc(Br)cc2)=N/C1=C/c1ccncc1. The molecule has 4 nitrogen and oxygen atoms in total. The maximum Gasteiger partial charge on any atom is 0.363 e. The van der Waals surface area contributed by atoms with Crippen LogP contribution in [-0.4, -0.2) is 16.9 Å². The highest BCUT2D eigenvalue weighted by molar-refractivity contribution is 9.10. The number of pyridine rings is 1.